The van der Waals surface area contributed by atoms with Crippen LogP contribution in [0.3, 0.4) is 0 Å². The summed E-state index contributed by atoms with van der Waals surface area (Å²) < 4.78 is 12.8. The van der Waals surface area contributed by atoms with E-state index in [-0.39, 0.29) is 5.82 Å². The molecule has 0 aliphatic rings. The lowest BCUT2D eigenvalue weighted by molar-refractivity contribution is 0.627. The van der Waals surface area contributed by atoms with E-state index in [1.54, 1.807) is 18.3 Å². The van der Waals surface area contributed by atoms with Crippen LogP contribution in [0.25, 0.3) is 0 Å². The van der Waals surface area contributed by atoms with E-state index in [4.69, 9.17) is 5.73 Å². The van der Waals surface area contributed by atoms with Gasteiger partial charge in [0, 0.05) is 26.3 Å². The second kappa shape index (κ2) is 5.60. The molecule has 0 fully saturated rings. The highest BCUT2D eigenvalue weighted by atomic mass is 19.1. The molecule has 1 aromatic heterocycles. The second-order valence-corrected chi connectivity index (χ2v) is 4.16. The van der Waals surface area contributed by atoms with Gasteiger partial charge in [0.1, 0.15) is 5.82 Å². The van der Waals surface area contributed by atoms with Crippen LogP contribution in [0.5, 0.6) is 0 Å². The standard InChI is InChI=1S/C14H16FN3/c1-18(10-11-4-6-12(15)7-5-11)14-3-2-8-17-13(14)9-16/h2-8H,9-10,16H2,1H3. The average molecular weight is 245 g/mol. The molecule has 0 amide bonds. The number of rotatable bonds is 4. The van der Waals surface area contributed by atoms with Crippen LogP contribution >= 0.6 is 0 Å². The lowest BCUT2D eigenvalue weighted by Gasteiger charge is -2.21. The van der Waals surface area contributed by atoms with E-state index in [1.165, 1.54) is 12.1 Å². The molecule has 1 heterocycles. The predicted molar refractivity (Wildman–Crippen MR) is 70.6 cm³/mol. The molecule has 0 saturated heterocycles. The summed E-state index contributed by atoms with van der Waals surface area (Å²) in [5.41, 5.74) is 8.58. The first kappa shape index (κ1) is 12.5. The Labute approximate surface area is 106 Å². The van der Waals surface area contributed by atoms with Crippen molar-refractivity contribution in [3.05, 3.63) is 59.7 Å². The van der Waals surface area contributed by atoms with Crippen LogP contribution in [-0.2, 0) is 13.1 Å². The molecule has 1 aromatic carbocycles. The van der Waals surface area contributed by atoms with Crippen LogP contribution in [0.2, 0.25) is 0 Å². The average Bonchev–Trinajstić information content (AvgIpc) is 2.41. The van der Waals surface area contributed by atoms with Gasteiger partial charge in [-0.3, -0.25) is 4.98 Å². The molecule has 0 spiro atoms. The second-order valence-electron chi connectivity index (χ2n) is 4.16. The van der Waals surface area contributed by atoms with Crippen molar-refractivity contribution >= 4 is 5.69 Å². The van der Waals surface area contributed by atoms with Gasteiger partial charge in [0.05, 0.1) is 11.4 Å². The van der Waals surface area contributed by atoms with Gasteiger partial charge in [-0.2, -0.15) is 0 Å². The van der Waals surface area contributed by atoms with Gasteiger partial charge in [0.2, 0.25) is 0 Å². The van der Waals surface area contributed by atoms with Crippen LogP contribution in [0, 0.1) is 5.82 Å². The third kappa shape index (κ3) is 2.84. The molecule has 3 nitrogen and oxygen atoms in total. The van der Waals surface area contributed by atoms with E-state index in [0.29, 0.717) is 13.1 Å². The SMILES string of the molecule is CN(Cc1ccc(F)cc1)c1cccnc1CN. The van der Waals surface area contributed by atoms with Gasteiger partial charge >= 0.3 is 0 Å². The van der Waals surface area contributed by atoms with E-state index in [0.717, 1.165) is 16.9 Å². The fourth-order valence-corrected chi connectivity index (χ4v) is 1.88. The Hall–Kier alpha value is -1.94. The van der Waals surface area contributed by atoms with Crippen molar-refractivity contribution in [2.24, 2.45) is 5.73 Å². The lowest BCUT2D eigenvalue weighted by Crippen LogP contribution is -2.19. The van der Waals surface area contributed by atoms with Crippen molar-refractivity contribution < 1.29 is 4.39 Å². The van der Waals surface area contributed by atoms with Crippen molar-refractivity contribution in [3.63, 3.8) is 0 Å². The first-order valence-corrected chi connectivity index (χ1v) is 5.80. The quantitative estimate of drug-likeness (QED) is 0.898. The van der Waals surface area contributed by atoms with Crippen molar-refractivity contribution in [3.8, 4) is 0 Å². The Morgan fingerprint density at radius 3 is 2.61 bits per heavy atom. The van der Waals surface area contributed by atoms with Crippen LogP contribution in [-0.4, -0.2) is 12.0 Å². The van der Waals surface area contributed by atoms with Crippen molar-refractivity contribution in [1.29, 1.82) is 0 Å². The Morgan fingerprint density at radius 2 is 1.94 bits per heavy atom. The maximum absolute atomic E-state index is 12.8. The van der Waals surface area contributed by atoms with Gasteiger partial charge in [-0.25, -0.2) is 4.39 Å². The van der Waals surface area contributed by atoms with Crippen molar-refractivity contribution in [1.82, 2.24) is 4.98 Å². The molecule has 0 radical (unpaired) electrons. The number of aromatic nitrogens is 1. The monoisotopic (exact) mass is 245 g/mol. The number of nitrogens with zero attached hydrogens (tertiary/aromatic N) is 2. The summed E-state index contributed by atoms with van der Waals surface area (Å²) in [6.45, 7) is 1.10. The van der Waals surface area contributed by atoms with E-state index in [1.807, 2.05) is 19.2 Å². The fraction of sp³-hybridized carbons (Fsp3) is 0.214. The van der Waals surface area contributed by atoms with Gasteiger partial charge in [0.25, 0.3) is 0 Å². The summed E-state index contributed by atoms with van der Waals surface area (Å²) in [4.78, 5) is 6.31. The van der Waals surface area contributed by atoms with E-state index in [9.17, 15) is 4.39 Å². The third-order valence-electron chi connectivity index (χ3n) is 2.80. The molecule has 0 aliphatic heterocycles. The zero-order valence-electron chi connectivity index (χ0n) is 10.3. The van der Waals surface area contributed by atoms with Gasteiger partial charge in [-0.15, -0.1) is 0 Å². The van der Waals surface area contributed by atoms with Gasteiger partial charge in [-0.05, 0) is 29.8 Å². The summed E-state index contributed by atoms with van der Waals surface area (Å²) in [7, 11) is 1.97. The summed E-state index contributed by atoms with van der Waals surface area (Å²) in [6, 6.07) is 10.4. The van der Waals surface area contributed by atoms with E-state index < -0.39 is 0 Å². The van der Waals surface area contributed by atoms with E-state index in [2.05, 4.69) is 9.88 Å². The van der Waals surface area contributed by atoms with E-state index >= 15 is 0 Å². The minimum Gasteiger partial charge on any atom is -0.369 e. The molecule has 2 N–H and O–H groups in total. The summed E-state index contributed by atoms with van der Waals surface area (Å²) >= 11 is 0. The number of pyridine rings is 1. The summed E-state index contributed by atoms with van der Waals surface area (Å²) in [5, 5.41) is 0. The van der Waals surface area contributed by atoms with Crippen LogP contribution in [0.4, 0.5) is 10.1 Å². The maximum atomic E-state index is 12.8. The van der Waals surface area contributed by atoms with Crippen LogP contribution < -0.4 is 10.6 Å². The van der Waals surface area contributed by atoms with Crippen molar-refractivity contribution in [2.45, 2.75) is 13.1 Å². The fourth-order valence-electron chi connectivity index (χ4n) is 1.88. The molecule has 0 unspecified atom stereocenters. The van der Waals surface area contributed by atoms with Crippen molar-refractivity contribution in [2.75, 3.05) is 11.9 Å². The zero-order valence-corrected chi connectivity index (χ0v) is 10.3. The molecule has 0 aliphatic carbocycles. The first-order chi connectivity index (χ1) is 8.70. The number of anilines is 1. The highest BCUT2D eigenvalue weighted by Crippen LogP contribution is 2.18. The molecule has 0 atom stereocenters. The smallest absolute Gasteiger partial charge is 0.123 e. The topological polar surface area (TPSA) is 42.2 Å². The number of halogens is 1. The van der Waals surface area contributed by atoms with Gasteiger partial charge in [0.15, 0.2) is 0 Å². The molecular weight excluding hydrogens is 229 g/mol. The highest BCUT2D eigenvalue weighted by molar-refractivity contribution is 5.50. The Balaban J connectivity index is 2.16. The Bertz CT molecular complexity index is 511. The molecule has 18 heavy (non-hydrogen) atoms. The van der Waals surface area contributed by atoms with Gasteiger partial charge in [-0.1, -0.05) is 12.1 Å². The lowest BCUT2D eigenvalue weighted by atomic mass is 10.2. The number of hydrogen-bond donors (Lipinski definition) is 1. The first-order valence-electron chi connectivity index (χ1n) is 5.80. The number of benzene rings is 1. The molecule has 2 aromatic rings. The predicted octanol–water partition coefficient (Wildman–Crippen LogP) is 2.32. The molecule has 94 valence electrons. The zero-order chi connectivity index (χ0) is 13.0. The highest BCUT2D eigenvalue weighted by Gasteiger charge is 2.07. The summed E-state index contributed by atoms with van der Waals surface area (Å²) in [6.07, 6.45) is 1.73. The normalized spacial score (nSPS) is 10.4. The largest absolute Gasteiger partial charge is 0.369 e. The molecule has 0 saturated carbocycles. The number of hydrogen-bond acceptors (Lipinski definition) is 3. The molecule has 0 bridgehead atoms. The molecular formula is C14H16FN3. The van der Waals surface area contributed by atoms with Gasteiger partial charge < -0.3 is 10.6 Å². The summed E-state index contributed by atoms with van der Waals surface area (Å²) in [5.74, 6) is -0.217. The maximum Gasteiger partial charge on any atom is 0.123 e. The number of nitrogens with two attached hydrogens (primary N) is 1. The molecule has 4 heteroatoms. The minimum atomic E-state index is -0.217. The van der Waals surface area contributed by atoms with Crippen LogP contribution in [0.1, 0.15) is 11.3 Å². The van der Waals surface area contributed by atoms with Crippen LogP contribution in [0.15, 0.2) is 42.6 Å². The molecule has 2 rings (SSSR count). The Kier molecular flexibility index (Phi) is 3.89. The minimum absolute atomic E-state index is 0.217. The Morgan fingerprint density at radius 1 is 1.22 bits per heavy atom. The third-order valence-corrected chi connectivity index (χ3v) is 2.80.